The monoisotopic (exact) mass is 513 g/mol. The summed E-state index contributed by atoms with van der Waals surface area (Å²) in [6.07, 6.45) is 7.29. The molecule has 192 valence electrons. The van der Waals surface area contributed by atoms with E-state index in [1.54, 1.807) is 23.5 Å². The predicted molar refractivity (Wildman–Crippen MR) is 153 cm³/mol. The number of rotatable bonds is 10. The Morgan fingerprint density at radius 2 is 1.73 bits per heavy atom. The summed E-state index contributed by atoms with van der Waals surface area (Å²) >= 11 is 1.56. The van der Waals surface area contributed by atoms with E-state index in [9.17, 15) is 9.90 Å². The number of aryl methyl sites for hydroxylation is 1. The Kier molecular flexibility index (Phi) is 8.22. The number of piperidine rings is 1. The Hall–Kier alpha value is -3.15. The van der Waals surface area contributed by atoms with Crippen LogP contribution in [0.3, 0.4) is 0 Å². The van der Waals surface area contributed by atoms with Gasteiger partial charge in [0.2, 0.25) is 0 Å². The Morgan fingerprint density at radius 3 is 2.46 bits per heavy atom. The zero-order chi connectivity index (χ0) is 25.6. The summed E-state index contributed by atoms with van der Waals surface area (Å²) in [5.41, 5.74) is 3.67. The maximum Gasteiger partial charge on any atom is 0.195 e. The molecule has 0 unspecified atom stereocenters. The van der Waals surface area contributed by atoms with Gasteiger partial charge in [0.25, 0.3) is 0 Å². The van der Waals surface area contributed by atoms with Gasteiger partial charge in [-0.3, -0.25) is 9.69 Å². The molecule has 0 saturated carbocycles. The zero-order valence-electron chi connectivity index (χ0n) is 21.5. The number of fused-ring (bicyclic) bond motifs is 1. The van der Waals surface area contributed by atoms with Crippen LogP contribution in [0.25, 0.3) is 20.5 Å². The fraction of sp³-hybridized carbons (Fsp3) is 0.344. The third-order valence-electron chi connectivity index (χ3n) is 7.18. The normalized spacial score (nSPS) is 14.2. The highest BCUT2D eigenvalue weighted by Crippen LogP contribution is 2.41. The van der Waals surface area contributed by atoms with E-state index < -0.39 is 0 Å². The Labute approximate surface area is 223 Å². The molecule has 0 bridgehead atoms. The van der Waals surface area contributed by atoms with Crippen LogP contribution in [-0.2, 0) is 6.42 Å². The lowest BCUT2D eigenvalue weighted by molar-refractivity contribution is 0.104. The number of phenolic OH excluding ortho intramolecular Hbond substituents is 1. The van der Waals surface area contributed by atoms with Gasteiger partial charge in [0.15, 0.2) is 5.78 Å². The summed E-state index contributed by atoms with van der Waals surface area (Å²) in [5.74, 6) is 0.985. The van der Waals surface area contributed by atoms with Crippen LogP contribution in [0.1, 0.15) is 60.5 Å². The number of hydrogen-bond donors (Lipinski definition) is 1. The number of carbonyl (C=O) groups is 1. The van der Waals surface area contributed by atoms with Crippen molar-refractivity contribution >= 4 is 27.2 Å². The van der Waals surface area contributed by atoms with Gasteiger partial charge in [-0.25, -0.2) is 0 Å². The van der Waals surface area contributed by atoms with E-state index >= 15 is 0 Å². The smallest absolute Gasteiger partial charge is 0.195 e. The highest BCUT2D eigenvalue weighted by atomic mass is 32.1. The second-order valence-electron chi connectivity index (χ2n) is 9.89. The molecule has 1 N–H and O–H groups in total. The molecule has 4 nitrogen and oxygen atoms in total. The first-order chi connectivity index (χ1) is 18.1. The number of aromatic hydroxyl groups is 1. The first kappa shape index (κ1) is 25.5. The molecule has 0 amide bonds. The quantitative estimate of drug-likeness (QED) is 0.221. The fourth-order valence-corrected chi connectivity index (χ4v) is 6.28. The van der Waals surface area contributed by atoms with Crippen LogP contribution in [-0.4, -0.2) is 42.0 Å². The minimum Gasteiger partial charge on any atom is -0.508 e. The molecule has 0 aliphatic carbocycles. The molecule has 5 heteroatoms. The van der Waals surface area contributed by atoms with Crippen molar-refractivity contribution in [3.8, 4) is 21.9 Å². The van der Waals surface area contributed by atoms with Crippen LogP contribution in [0.15, 0.2) is 66.7 Å². The molecule has 1 saturated heterocycles. The summed E-state index contributed by atoms with van der Waals surface area (Å²) in [5, 5.41) is 10.9. The molecule has 0 radical (unpaired) electrons. The molecule has 3 aromatic carbocycles. The van der Waals surface area contributed by atoms with E-state index in [1.807, 2.05) is 30.3 Å². The van der Waals surface area contributed by atoms with Crippen molar-refractivity contribution in [3.05, 3.63) is 83.4 Å². The lowest BCUT2D eigenvalue weighted by atomic mass is 9.96. The molecular formula is C32H35NO3S. The number of ketones is 1. The van der Waals surface area contributed by atoms with Gasteiger partial charge in [0, 0.05) is 32.6 Å². The standard InChI is InChI=1S/C32H35NO3S/c1-2-3-7-23-8-10-25(11-9-23)32-30(28-17-14-26(34)22-29(28)37-32)31(35)24-12-15-27(16-13-24)36-21-20-33-18-5-4-6-19-33/h8-17,22,34H,2-7,18-21H2,1H3. The first-order valence-corrected chi connectivity index (χ1v) is 14.3. The average Bonchev–Trinajstić information content (AvgIpc) is 3.31. The number of phenols is 1. The number of unbranched alkanes of at least 4 members (excludes halogenated alkanes) is 1. The van der Waals surface area contributed by atoms with E-state index in [2.05, 4.69) is 36.1 Å². The molecule has 1 aliphatic heterocycles. The Balaban J connectivity index is 1.37. The molecule has 0 atom stereocenters. The molecule has 1 fully saturated rings. The maximum atomic E-state index is 13.8. The number of thiophene rings is 1. The van der Waals surface area contributed by atoms with E-state index in [1.165, 1.54) is 37.7 Å². The first-order valence-electron chi connectivity index (χ1n) is 13.5. The average molecular weight is 514 g/mol. The van der Waals surface area contributed by atoms with Crippen molar-refractivity contribution in [3.63, 3.8) is 0 Å². The number of carbonyl (C=O) groups excluding carboxylic acids is 1. The van der Waals surface area contributed by atoms with Gasteiger partial charge >= 0.3 is 0 Å². The van der Waals surface area contributed by atoms with Crippen LogP contribution in [0.5, 0.6) is 11.5 Å². The highest BCUT2D eigenvalue weighted by molar-refractivity contribution is 7.22. The van der Waals surface area contributed by atoms with Crippen LogP contribution >= 0.6 is 11.3 Å². The van der Waals surface area contributed by atoms with Gasteiger partial charge in [-0.05, 0) is 92.4 Å². The number of ether oxygens (including phenoxy) is 1. The van der Waals surface area contributed by atoms with Crippen molar-refractivity contribution < 1.29 is 14.6 Å². The zero-order valence-corrected chi connectivity index (χ0v) is 22.4. The SMILES string of the molecule is CCCCc1ccc(-c2sc3cc(O)ccc3c2C(=O)c2ccc(OCCN3CCCCC3)cc2)cc1. The van der Waals surface area contributed by atoms with Gasteiger partial charge < -0.3 is 9.84 Å². The largest absolute Gasteiger partial charge is 0.508 e. The van der Waals surface area contributed by atoms with Gasteiger partial charge in [-0.1, -0.05) is 44.0 Å². The molecule has 1 aliphatic rings. The van der Waals surface area contributed by atoms with Crippen molar-refractivity contribution in [2.24, 2.45) is 0 Å². The lowest BCUT2D eigenvalue weighted by Gasteiger charge is -2.26. The molecule has 0 spiro atoms. The van der Waals surface area contributed by atoms with Gasteiger partial charge in [-0.2, -0.15) is 0 Å². The third kappa shape index (κ3) is 6.06. The molecule has 1 aromatic heterocycles. The van der Waals surface area contributed by atoms with E-state index in [0.29, 0.717) is 17.7 Å². The predicted octanol–water partition coefficient (Wildman–Crippen LogP) is 7.71. The number of likely N-dealkylation sites (tertiary alicyclic amines) is 1. The molecule has 5 rings (SSSR count). The second kappa shape index (κ2) is 11.9. The minimum atomic E-state index is -0.0122. The maximum absolute atomic E-state index is 13.8. The molecule has 37 heavy (non-hydrogen) atoms. The topological polar surface area (TPSA) is 49.8 Å². The van der Waals surface area contributed by atoms with Crippen molar-refractivity contribution in [1.29, 1.82) is 0 Å². The third-order valence-corrected chi connectivity index (χ3v) is 8.38. The van der Waals surface area contributed by atoms with Crippen molar-refractivity contribution in [1.82, 2.24) is 4.90 Å². The summed E-state index contributed by atoms with van der Waals surface area (Å²) < 4.78 is 6.88. The van der Waals surface area contributed by atoms with Gasteiger partial charge in [0.05, 0.1) is 0 Å². The second-order valence-corrected chi connectivity index (χ2v) is 10.9. The molecule has 2 heterocycles. The lowest BCUT2D eigenvalue weighted by Crippen LogP contribution is -2.33. The van der Waals surface area contributed by atoms with Crippen molar-refractivity contribution in [2.45, 2.75) is 45.4 Å². The van der Waals surface area contributed by atoms with Crippen LogP contribution in [0.4, 0.5) is 0 Å². The van der Waals surface area contributed by atoms with E-state index in [4.69, 9.17) is 4.74 Å². The summed E-state index contributed by atoms with van der Waals surface area (Å²) in [6, 6.07) is 21.3. The van der Waals surface area contributed by atoms with E-state index in [0.717, 1.165) is 52.3 Å². The Bertz CT molecular complexity index is 1340. The minimum absolute atomic E-state index is 0.0122. The summed E-state index contributed by atoms with van der Waals surface area (Å²) in [6.45, 7) is 6.12. The number of nitrogens with zero attached hydrogens (tertiary/aromatic N) is 1. The number of hydrogen-bond acceptors (Lipinski definition) is 5. The van der Waals surface area contributed by atoms with Crippen LogP contribution < -0.4 is 4.74 Å². The van der Waals surface area contributed by atoms with Crippen LogP contribution in [0.2, 0.25) is 0 Å². The summed E-state index contributed by atoms with van der Waals surface area (Å²) in [4.78, 5) is 17.2. The van der Waals surface area contributed by atoms with E-state index in [-0.39, 0.29) is 11.5 Å². The van der Waals surface area contributed by atoms with Crippen LogP contribution in [0, 0.1) is 0 Å². The number of benzene rings is 3. The van der Waals surface area contributed by atoms with Crippen molar-refractivity contribution in [2.75, 3.05) is 26.2 Å². The summed E-state index contributed by atoms with van der Waals surface area (Å²) in [7, 11) is 0. The van der Waals surface area contributed by atoms with Gasteiger partial charge in [-0.15, -0.1) is 11.3 Å². The molecule has 4 aromatic rings. The fourth-order valence-electron chi connectivity index (χ4n) is 5.04. The highest BCUT2D eigenvalue weighted by Gasteiger charge is 2.22. The van der Waals surface area contributed by atoms with Gasteiger partial charge in [0.1, 0.15) is 18.1 Å². The molecular weight excluding hydrogens is 478 g/mol. The Morgan fingerprint density at radius 1 is 0.973 bits per heavy atom.